The second-order valence-electron chi connectivity index (χ2n) is 4.77. The van der Waals surface area contributed by atoms with Gasteiger partial charge in [0.1, 0.15) is 4.90 Å². The summed E-state index contributed by atoms with van der Waals surface area (Å²) < 4.78 is 32.1. The molecule has 0 radical (unpaired) electrons. The molecule has 0 aliphatic carbocycles. The normalized spacial score (nSPS) is 11.7. The molecule has 0 heterocycles. The molecule has 0 saturated carbocycles. The molecule has 2 aromatic carbocycles. The Kier molecular flexibility index (Phi) is 4.62. The first-order chi connectivity index (χ1) is 9.54. The molecule has 0 bridgehead atoms. The first-order valence-electron chi connectivity index (χ1n) is 6.77. The summed E-state index contributed by atoms with van der Waals surface area (Å²) in [6.07, 6.45) is 3.39. The van der Waals surface area contributed by atoms with Crippen molar-refractivity contribution >= 4 is 26.6 Å². The molecule has 0 unspecified atom stereocenters. The molecule has 4 nitrogen and oxygen atoms in total. The van der Waals surface area contributed by atoms with Crippen molar-refractivity contribution in [2.45, 2.75) is 31.1 Å². The lowest BCUT2D eigenvalue weighted by molar-refractivity contribution is 0.484. The van der Waals surface area contributed by atoms with E-state index >= 15 is 0 Å². The van der Waals surface area contributed by atoms with Gasteiger partial charge in [-0.25, -0.2) is 0 Å². The number of nitrogens with one attached hydrogen (secondary N) is 1. The van der Waals surface area contributed by atoms with Crippen LogP contribution < -0.4 is 5.32 Å². The van der Waals surface area contributed by atoms with Crippen LogP contribution in [0.3, 0.4) is 0 Å². The monoisotopic (exact) mass is 293 g/mol. The Morgan fingerprint density at radius 3 is 2.45 bits per heavy atom. The summed E-state index contributed by atoms with van der Waals surface area (Å²) in [6.45, 7) is 3.00. The zero-order chi connectivity index (χ0) is 14.6. The molecule has 2 rings (SSSR count). The number of unbranched alkanes of at least 4 members (excludes halogenated alkanes) is 2. The Balaban J connectivity index is 2.38. The molecule has 5 heteroatoms. The molecule has 0 saturated heterocycles. The van der Waals surface area contributed by atoms with Crippen LogP contribution in [0.1, 0.15) is 26.2 Å². The standard InChI is InChI=1S/C15H19NO3S/c1-2-3-4-11-16-14-9-5-8-13-12(14)7-6-10-15(13)20(17,18)19/h5-10,16H,2-4,11H2,1H3,(H,17,18,19). The largest absolute Gasteiger partial charge is 0.385 e. The Morgan fingerprint density at radius 1 is 1.05 bits per heavy atom. The van der Waals surface area contributed by atoms with Crippen LogP contribution in [0, 0.1) is 0 Å². The molecule has 2 N–H and O–H groups in total. The molecular formula is C15H19NO3S. The van der Waals surface area contributed by atoms with Crippen LogP contribution >= 0.6 is 0 Å². The van der Waals surface area contributed by atoms with E-state index in [1.165, 1.54) is 6.07 Å². The fraction of sp³-hybridized carbons (Fsp3) is 0.333. The smallest absolute Gasteiger partial charge is 0.295 e. The molecule has 108 valence electrons. The van der Waals surface area contributed by atoms with Gasteiger partial charge in [0.05, 0.1) is 0 Å². The maximum Gasteiger partial charge on any atom is 0.295 e. The van der Waals surface area contributed by atoms with Crippen LogP contribution in [-0.4, -0.2) is 19.5 Å². The SMILES string of the molecule is CCCCCNc1cccc2c(S(=O)(=O)O)cccc12. The molecule has 0 aliphatic rings. The van der Waals surface area contributed by atoms with Crippen molar-refractivity contribution in [1.82, 2.24) is 0 Å². The van der Waals surface area contributed by atoms with Crippen LogP contribution in [-0.2, 0) is 10.1 Å². The summed E-state index contributed by atoms with van der Waals surface area (Å²) in [5.41, 5.74) is 0.893. The van der Waals surface area contributed by atoms with Gasteiger partial charge < -0.3 is 5.32 Å². The van der Waals surface area contributed by atoms with Gasteiger partial charge >= 0.3 is 0 Å². The third-order valence-electron chi connectivity index (χ3n) is 3.26. The lowest BCUT2D eigenvalue weighted by Crippen LogP contribution is -2.03. The summed E-state index contributed by atoms with van der Waals surface area (Å²) in [5.74, 6) is 0. The zero-order valence-corrected chi connectivity index (χ0v) is 12.3. The Morgan fingerprint density at radius 2 is 1.75 bits per heavy atom. The highest BCUT2D eigenvalue weighted by Crippen LogP contribution is 2.28. The quantitative estimate of drug-likeness (QED) is 0.629. The summed E-state index contributed by atoms with van der Waals surface area (Å²) >= 11 is 0. The minimum absolute atomic E-state index is 0.0489. The van der Waals surface area contributed by atoms with Gasteiger partial charge in [0, 0.05) is 23.0 Å². The van der Waals surface area contributed by atoms with E-state index in [0.717, 1.165) is 36.9 Å². The summed E-state index contributed by atoms with van der Waals surface area (Å²) in [5, 5.41) is 4.67. The molecular weight excluding hydrogens is 274 g/mol. The maximum atomic E-state index is 11.4. The first kappa shape index (κ1) is 14.8. The summed E-state index contributed by atoms with van der Waals surface area (Å²) in [4.78, 5) is -0.0489. The topological polar surface area (TPSA) is 66.4 Å². The average molecular weight is 293 g/mol. The highest BCUT2D eigenvalue weighted by molar-refractivity contribution is 7.86. The van der Waals surface area contributed by atoms with Crippen molar-refractivity contribution in [3.05, 3.63) is 36.4 Å². The summed E-state index contributed by atoms with van der Waals surface area (Å²) in [7, 11) is -4.20. The van der Waals surface area contributed by atoms with Crippen molar-refractivity contribution in [3.8, 4) is 0 Å². The van der Waals surface area contributed by atoms with Gasteiger partial charge in [-0.1, -0.05) is 44.0 Å². The number of benzene rings is 2. The number of anilines is 1. The first-order valence-corrected chi connectivity index (χ1v) is 8.21. The Hall–Kier alpha value is -1.59. The molecule has 0 aliphatic heterocycles. The van der Waals surface area contributed by atoms with E-state index < -0.39 is 10.1 Å². The van der Waals surface area contributed by atoms with Gasteiger partial charge in [0.25, 0.3) is 10.1 Å². The highest BCUT2D eigenvalue weighted by Gasteiger charge is 2.14. The van der Waals surface area contributed by atoms with E-state index in [9.17, 15) is 13.0 Å². The van der Waals surface area contributed by atoms with Crippen LogP contribution in [0.5, 0.6) is 0 Å². The minimum Gasteiger partial charge on any atom is -0.385 e. The second-order valence-corrected chi connectivity index (χ2v) is 6.16. The molecule has 2 aromatic rings. The minimum atomic E-state index is -4.20. The van der Waals surface area contributed by atoms with Crippen LogP contribution in [0.25, 0.3) is 10.8 Å². The van der Waals surface area contributed by atoms with E-state index in [-0.39, 0.29) is 4.90 Å². The van der Waals surface area contributed by atoms with E-state index in [1.54, 1.807) is 18.2 Å². The summed E-state index contributed by atoms with van der Waals surface area (Å²) in [6, 6.07) is 10.3. The van der Waals surface area contributed by atoms with Crippen molar-refractivity contribution in [3.63, 3.8) is 0 Å². The zero-order valence-electron chi connectivity index (χ0n) is 11.5. The van der Waals surface area contributed by atoms with Crippen LogP contribution in [0.4, 0.5) is 5.69 Å². The van der Waals surface area contributed by atoms with Gasteiger partial charge in [0.15, 0.2) is 0 Å². The molecule has 20 heavy (non-hydrogen) atoms. The fourth-order valence-corrected chi connectivity index (χ4v) is 2.96. The van der Waals surface area contributed by atoms with Crippen molar-refractivity contribution in [2.75, 3.05) is 11.9 Å². The second kappa shape index (κ2) is 6.24. The molecule has 0 atom stereocenters. The van der Waals surface area contributed by atoms with Crippen molar-refractivity contribution in [2.24, 2.45) is 0 Å². The third-order valence-corrected chi connectivity index (χ3v) is 4.17. The van der Waals surface area contributed by atoms with E-state index in [1.807, 2.05) is 12.1 Å². The van der Waals surface area contributed by atoms with Gasteiger partial charge in [0.2, 0.25) is 0 Å². The molecule has 0 fully saturated rings. The lowest BCUT2D eigenvalue weighted by Gasteiger charge is -2.11. The highest BCUT2D eigenvalue weighted by atomic mass is 32.2. The average Bonchev–Trinajstić information content (AvgIpc) is 2.42. The van der Waals surface area contributed by atoms with Crippen LogP contribution in [0.2, 0.25) is 0 Å². The van der Waals surface area contributed by atoms with Crippen LogP contribution in [0.15, 0.2) is 41.3 Å². The number of hydrogen-bond acceptors (Lipinski definition) is 3. The van der Waals surface area contributed by atoms with E-state index in [4.69, 9.17) is 0 Å². The predicted molar refractivity (Wildman–Crippen MR) is 81.8 cm³/mol. The predicted octanol–water partition coefficient (Wildman–Crippen LogP) is 3.69. The van der Waals surface area contributed by atoms with Gasteiger partial charge in [-0.15, -0.1) is 0 Å². The maximum absolute atomic E-state index is 11.4. The van der Waals surface area contributed by atoms with Gasteiger partial charge in [-0.05, 0) is 18.6 Å². The number of fused-ring (bicyclic) bond motifs is 1. The number of hydrogen-bond donors (Lipinski definition) is 2. The van der Waals surface area contributed by atoms with E-state index in [0.29, 0.717) is 5.39 Å². The van der Waals surface area contributed by atoms with Gasteiger partial charge in [-0.3, -0.25) is 4.55 Å². The Labute approximate surface area is 119 Å². The fourth-order valence-electron chi connectivity index (χ4n) is 2.26. The lowest BCUT2D eigenvalue weighted by atomic mass is 10.1. The van der Waals surface area contributed by atoms with Crippen molar-refractivity contribution in [1.29, 1.82) is 0 Å². The van der Waals surface area contributed by atoms with Gasteiger partial charge in [-0.2, -0.15) is 8.42 Å². The number of rotatable bonds is 6. The van der Waals surface area contributed by atoms with E-state index in [2.05, 4.69) is 12.2 Å². The molecule has 0 aromatic heterocycles. The molecule has 0 amide bonds. The van der Waals surface area contributed by atoms with Crippen molar-refractivity contribution < 1.29 is 13.0 Å². The molecule has 0 spiro atoms. The third kappa shape index (κ3) is 3.29. The Bertz CT molecular complexity index is 695.